The molecule has 8 nitrogen and oxygen atoms in total. The largest absolute Gasteiger partial charge is 0.433 e. The number of aryl methyl sites for hydroxylation is 1. The van der Waals surface area contributed by atoms with Gasteiger partial charge in [0.05, 0.1) is 5.52 Å². The van der Waals surface area contributed by atoms with Gasteiger partial charge in [0.1, 0.15) is 23.0 Å². The minimum atomic E-state index is -4.48. The molecule has 0 radical (unpaired) electrons. The van der Waals surface area contributed by atoms with Crippen LogP contribution in [0.4, 0.5) is 19.0 Å². The Hall–Kier alpha value is -3.52. The Morgan fingerprint density at radius 1 is 1.11 bits per heavy atom. The Morgan fingerprint density at radius 3 is 2.42 bits per heavy atom. The number of hydrogen-bond donors (Lipinski definition) is 0. The van der Waals surface area contributed by atoms with Gasteiger partial charge in [-0.2, -0.15) is 23.4 Å². The number of rotatable bonds is 5. The highest BCUT2D eigenvalue weighted by Gasteiger charge is 2.37. The molecule has 4 heterocycles. The first-order chi connectivity index (χ1) is 17.1. The number of halogens is 3. The van der Waals surface area contributed by atoms with Crippen molar-refractivity contribution in [2.45, 2.75) is 57.9 Å². The van der Waals surface area contributed by atoms with Crippen molar-refractivity contribution in [1.29, 1.82) is 5.26 Å². The van der Waals surface area contributed by atoms with Gasteiger partial charge in [0, 0.05) is 44.5 Å². The Bertz CT molecular complexity index is 1350. The molecule has 11 heteroatoms. The van der Waals surface area contributed by atoms with E-state index in [4.69, 9.17) is 0 Å². The average Bonchev–Trinajstić information content (AvgIpc) is 2.88. The second kappa shape index (κ2) is 9.85. The highest BCUT2D eigenvalue weighted by atomic mass is 19.4. The Balaban J connectivity index is 1.70. The first-order valence-electron chi connectivity index (χ1n) is 11.9. The average molecular weight is 500 g/mol. The Morgan fingerprint density at radius 2 is 1.83 bits per heavy atom. The molecule has 1 aliphatic rings. The van der Waals surface area contributed by atoms with E-state index < -0.39 is 17.6 Å². The number of piperazine rings is 1. The summed E-state index contributed by atoms with van der Waals surface area (Å²) in [6, 6.07) is 7.72. The lowest BCUT2D eigenvalue weighted by Crippen LogP contribution is -2.59. The van der Waals surface area contributed by atoms with Gasteiger partial charge in [-0.3, -0.25) is 14.5 Å². The first-order valence-corrected chi connectivity index (χ1v) is 11.9. The number of nitrogens with zero attached hydrogens (tertiary/aromatic N) is 7. The molecule has 1 saturated heterocycles. The lowest BCUT2D eigenvalue weighted by atomic mass is 9.97. The van der Waals surface area contributed by atoms with E-state index in [0.29, 0.717) is 35.5 Å². The molecule has 0 saturated carbocycles. The second-order valence-corrected chi connectivity index (χ2v) is 9.08. The number of fused-ring (bicyclic) bond motifs is 1. The van der Waals surface area contributed by atoms with E-state index in [1.807, 2.05) is 13.8 Å². The molecule has 2 unspecified atom stereocenters. The molecule has 1 aliphatic heterocycles. The van der Waals surface area contributed by atoms with Crippen LogP contribution >= 0.6 is 0 Å². The highest BCUT2D eigenvalue weighted by molar-refractivity contribution is 5.86. The molecule has 0 spiro atoms. The molecule has 0 aromatic carbocycles. The molecule has 0 amide bonds. The normalized spacial score (nSPS) is 19.9. The molecule has 0 N–H and O–H groups in total. The van der Waals surface area contributed by atoms with E-state index in [1.165, 1.54) is 16.8 Å². The SMILES string of the molecule is CCC1CN(c2nc(=O)n(C)c3ccc(C#N)nc23)[C@@H](CC)CN1C(C)c1ccc(C(F)(F)F)nc1. The van der Waals surface area contributed by atoms with Gasteiger partial charge in [0.25, 0.3) is 0 Å². The fraction of sp³-hybridized carbons (Fsp3) is 0.480. The summed E-state index contributed by atoms with van der Waals surface area (Å²) in [5.74, 6) is 0.457. The van der Waals surface area contributed by atoms with Gasteiger partial charge in [-0.05, 0) is 43.5 Å². The zero-order valence-corrected chi connectivity index (χ0v) is 20.6. The fourth-order valence-electron chi connectivity index (χ4n) is 4.90. The van der Waals surface area contributed by atoms with Crippen molar-refractivity contribution >= 4 is 16.9 Å². The van der Waals surface area contributed by atoms with Gasteiger partial charge in [-0.25, -0.2) is 9.78 Å². The Labute approximate surface area is 207 Å². The molecule has 190 valence electrons. The van der Waals surface area contributed by atoms with Crippen LogP contribution in [0.25, 0.3) is 11.0 Å². The van der Waals surface area contributed by atoms with E-state index >= 15 is 0 Å². The summed E-state index contributed by atoms with van der Waals surface area (Å²) in [6.45, 7) is 7.25. The fourth-order valence-corrected chi connectivity index (χ4v) is 4.90. The van der Waals surface area contributed by atoms with E-state index in [0.717, 1.165) is 18.9 Å². The Kier molecular flexibility index (Phi) is 7.00. The van der Waals surface area contributed by atoms with Crippen LogP contribution in [0.5, 0.6) is 0 Å². The van der Waals surface area contributed by atoms with Gasteiger partial charge in [-0.15, -0.1) is 0 Å². The molecule has 3 aromatic heterocycles. The molecule has 36 heavy (non-hydrogen) atoms. The number of hydrogen-bond acceptors (Lipinski definition) is 7. The zero-order valence-electron chi connectivity index (χ0n) is 20.6. The summed E-state index contributed by atoms with van der Waals surface area (Å²) >= 11 is 0. The van der Waals surface area contributed by atoms with Crippen LogP contribution < -0.4 is 10.6 Å². The summed E-state index contributed by atoms with van der Waals surface area (Å²) in [7, 11) is 1.62. The zero-order chi connectivity index (χ0) is 26.2. The van der Waals surface area contributed by atoms with Crippen molar-refractivity contribution < 1.29 is 13.2 Å². The van der Waals surface area contributed by atoms with Gasteiger partial charge in [0.2, 0.25) is 0 Å². The minimum absolute atomic E-state index is 0.0204. The van der Waals surface area contributed by atoms with Crippen LogP contribution in [-0.4, -0.2) is 49.6 Å². The summed E-state index contributed by atoms with van der Waals surface area (Å²) in [5.41, 5.74) is 0.734. The van der Waals surface area contributed by atoms with Crippen LogP contribution in [0.2, 0.25) is 0 Å². The summed E-state index contributed by atoms with van der Waals surface area (Å²) in [6.07, 6.45) is -1.64. The van der Waals surface area contributed by atoms with E-state index in [1.54, 1.807) is 19.2 Å². The van der Waals surface area contributed by atoms with Gasteiger partial charge in [0.15, 0.2) is 5.82 Å². The van der Waals surface area contributed by atoms with Crippen molar-refractivity contribution in [2.75, 3.05) is 18.0 Å². The summed E-state index contributed by atoms with van der Waals surface area (Å²) in [4.78, 5) is 29.5. The van der Waals surface area contributed by atoms with Crippen LogP contribution in [-0.2, 0) is 13.2 Å². The van der Waals surface area contributed by atoms with Gasteiger partial charge in [-0.1, -0.05) is 19.9 Å². The van der Waals surface area contributed by atoms with E-state index in [-0.39, 0.29) is 23.8 Å². The lowest BCUT2D eigenvalue weighted by molar-refractivity contribution is -0.141. The van der Waals surface area contributed by atoms with Crippen LogP contribution in [0.15, 0.2) is 35.3 Å². The number of anilines is 1. The molecule has 0 bridgehead atoms. The second-order valence-electron chi connectivity index (χ2n) is 9.08. The molecule has 3 aromatic rings. The smallest absolute Gasteiger partial charge is 0.349 e. The standard InChI is InChI=1S/C25H28F3N7O/c1-5-18-14-35(23-22-20(33(4)24(36)32-23)9-8-17(11-29)31-22)19(6-2)13-34(18)15(3)16-7-10-21(30-12-16)25(26,27)28/h7-10,12,15,18-19H,5-6,13-14H2,1-4H3/t15?,18?,19-/m0/s1. The van der Waals surface area contributed by atoms with E-state index in [9.17, 15) is 23.2 Å². The molecular weight excluding hydrogens is 471 g/mol. The van der Waals surface area contributed by atoms with Crippen LogP contribution in [0, 0.1) is 11.3 Å². The number of nitriles is 1. The van der Waals surface area contributed by atoms with Crippen molar-refractivity contribution in [3.63, 3.8) is 0 Å². The summed E-state index contributed by atoms with van der Waals surface area (Å²) < 4.78 is 40.3. The van der Waals surface area contributed by atoms with Gasteiger partial charge < -0.3 is 4.90 Å². The number of aromatic nitrogens is 4. The molecule has 0 aliphatic carbocycles. The maximum Gasteiger partial charge on any atom is 0.433 e. The monoisotopic (exact) mass is 499 g/mol. The predicted molar refractivity (Wildman–Crippen MR) is 129 cm³/mol. The topological polar surface area (TPSA) is 90.9 Å². The maximum atomic E-state index is 13.0. The molecule has 4 rings (SSSR count). The quantitative estimate of drug-likeness (QED) is 0.523. The number of alkyl halides is 3. The molecular formula is C25H28F3N7O. The van der Waals surface area contributed by atoms with Crippen molar-refractivity contribution in [3.05, 3.63) is 57.9 Å². The van der Waals surface area contributed by atoms with Crippen molar-refractivity contribution in [1.82, 2.24) is 24.4 Å². The first kappa shape index (κ1) is 25.6. The van der Waals surface area contributed by atoms with Crippen molar-refractivity contribution in [2.24, 2.45) is 7.05 Å². The summed E-state index contributed by atoms with van der Waals surface area (Å²) in [5, 5.41) is 9.38. The van der Waals surface area contributed by atoms with Crippen molar-refractivity contribution in [3.8, 4) is 6.07 Å². The van der Waals surface area contributed by atoms with Crippen LogP contribution in [0.1, 0.15) is 56.6 Å². The number of pyridine rings is 2. The third-order valence-electron chi connectivity index (χ3n) is 7.06. The predicted octanol–water partition coefficient (Wildman–Crippen LogP) is 4.05. The molecule has 3 atom stereocenters. The highest BCUT2D eigenvalue weighted by Crippen LogP contribution is 2.34. The van der Waals surface area contributed by atoms with E-state index in [2.05, 4.69) is 37.7 Å². The minimum Gasteiger partial charge on any atom is -0.349 e. The lowest BCUT2D eigenvalue weighted by Gasteiger charge is -2.49. The third-order valence-corrected chi connectivity index (χ3v) is 7.06. The maximum absolute atomic E-state index is 13.0. The molecule has 1 fully saturated rings. The third kappa shape index (κ3) is 4.65. The van der Waals surface area contributed by atoms with Gasteiger partial charge >= 0.3 is 11.9 Å². The van der Waals surface area contributed by atoms with Crippen LogP contribution in [0.3, 0.4) is 0 Å².